The largest absolute Gasteiger partial charge is 0.353 e. The maximum absolute atomic E-state index is 12.2. The Kier molecular flexibility index (Phi) is 5.49. The van der Waals surface area contributed by atoms with E-state index >= 15 is 0 Å². The fraction of sp³-hybridized carbons (Fsp3) is 0.500. The van der Waals surface area contributed by atoms with Gasteiger partial charge in [-0.2, -0.15) is 0 Å². The second kappa shape index (κ2) is 7.77. The highest BCUT2D eigenvalue weighted by Gasteiger charge is 2.16. The first-order valence-electron chi connectivity index (χ1n) is 8.44. The van der Waals surface area contributed by atoms with Crippen molar-refractivity contribution in [2.45, 2.75) is 56.5 Å². The van der Waals surface area contributed by atoms with Crippen LogP contribution in [0.1, 0.15) is 44.9 Å². The maximum Gasteiger partial charge on any atom is 0.230 e. The van der Waals surface area contributed by atoms with E-state index in [0.717, 1.165) is 41.0 Å². The highest BCUT2D eigenvalue weighted by molar-refractivity contribution is 8.00. The molecule has 0 spiro atoms. The number of fused-ring (bicyclic) bond motifs is 1. The van der Waals surface area contributed by atoms with Crippen molar-refractivity contribution in [3.8, 4) is 0 Å². The van der Waals surface area contributed by atoms with Gasteiger partial charge in [-0.15, -0.1) is 0 Å². The Morgan fingerprint density at radius 3 is 2.78 bits per heavy atom. The number of thioether (sulfide) groups is 1. The van der Waals surface area contributed by atoms with E-state index in [2.05, 4.69) is 15.3 Å². The summed E-state index contributed by atoms with van der Waals surface area (Å²) in [5, 5.41) is 5.10. The highest BCUT2D eigenvalue weighted by Crippen LogP contribution is 2.25. The molecule has 1 aliphatic carbocycles. The number of aryl methyl sites for hydroxylation is 1. The molecule has 122 valence electrons. The Balaban J connectivity index is 1.67. The van der Waals surface area contributed by atoms with Crippen molar-refractivity contribution in [1.29, 1.82) is 0 Å². The van der Waals surface area contributed by atoms with Crippen LogP contribution in [0.3, 0.4) is 0 Å². The molecule has 0 radical (unpaired) electrons. The number of para-hydroxylation sites is 1. The number of carbonyl (C=O) groups excluding carboxylic acids is 1. The van der Waals surface area contributed by atoms with Gasteiger partial charge < -0.3 is 5.32 Å². The van der Waals surface area contributed by atoms with Gasteiger partial charge in [0.05, 0.1) is 11.3 Å². The molecule has 0 atom stereocenters. The van der Waals surface area contributed by atoms with Gasteiger partial charge in [0.15, 0.2) is 0 Å². The SMILES string of the molecule is CCc1nc(SCC(=O)NC2CCCCC2)c2ccccc2n1. The lowest BCUT2D eigenvalue weighted by atomic mass is 9.95. The van der Waals surface area contributed by atoms with Gasteiger partial charge in [0, 0.05) is 17.8 Å². The van der Waals surface area contributed by atoms with Crippen LogP contribution < -0.4 is 5.32 Å². The zero-order chi connectivity index (χ0) is 16.1. The molecule has 5 heteroatoms. The molecular weight excluding hydrogens is 306 g/mol. The number of nitrogens with zero attached hydrogens (tertiary/aromatic N) is 2. The minimum Gasteiger partial charge on any atom is -0.353 e. The molecule has 2 aromatic rings. The Morgan fingerprint density at radius 2 is 2.00 bits per heavy atom. The van der Waals surface area contributed by atoms with E-state index in [1.54, 1.807) is 0 Å². The Hall–Kier alpha value is -1.62. The van der Waals surface area contributed by atoms with Crippen molar-refractivity contribution in [3.05, 3.63) is 30.1 Å². The van der Waals surface area contributed by atoms with E-state index in [4.69, 9.17) is 0 Å². The highest BCUT2D eigenvalue weighted by atomic mass is 32.2. The van der Waals surface area contributed by atoms with Crippen LogP contribution in [0.2, 0.25) is 0 Å². The molecule has 3 rings (SSSR count). The number of aromatic nitrogens is 2. The maximum atomic E-state index is 12.2. The van der Waals surface area contributed by atoms with Crippen LogP contribution in [0, 0.1) is 0 Å². The summed E-state index contributed by atoms with van der Waals surface area (Å²) in [5.41, 5.74) is 0.953. The fourth-order valence-corrected chi connectivity index (χ4v) is 3.86. The van der Waals surface area contributed by atoms with Gasteiger partial charge in [0.1, 0.15) is 10.9 Å². The van der Waals surface area contributed by atoms with Gasteiger partial charge in [-0.25, -0.2) is 9.97 Å². The Bertz CT molecular complexity index is 683. The summed E-state index contributed by atoms with van der Waals surface area (Å²) in [5.74, 6) is 1.36. The van der Waals surface area contributed by atoms with Crippen LogP contribution in [-0.2, 0) is 11.2 Å². The van der Waals surface area contributed by atoms with Crippen molar-refractivity contribution >= 4 is 28.6 Å². The number of nitrogens with one attached hydrogen (secondary N) is 1. The van der Waals surface area contributed by atoms with Crippen LogP contribution in [0.15, 0.2) is 29.3 Å². The van der Waals surface area contributed by atoms with Crippen LogP contribution >= 0.6 is 11.8 Å². The zero-order valence-electron chi connectivity index (χ0n) is 13.5. The summed E-state index contributed by atoms with van der Waals surface area (Å²) in [6, 6.07) is 8.37. The normalized spacial score (nSPS) is 15.7. The third-order valence-electron chi connectivity index (χ3n) is 4.24. The van der Waals surface area contributed by atoms with Crippen LogP contribution in [0.4, 0.5) is 0 Å². The minimum absolute atomic E-state index is 0.114. The second-order valence-corrected chi connectivity index (χ2v) is 6.97. The van der Waals surface area contributed by atoms with Crippen molar-refractivity contribution in [2.75, 3.05) is 5.75 Å². The number of hydrogen-bond acceptors (Lipinski definition) is 4. The summed E-state index contributed by atoms with van der Waals surface area (Å²) in [7, 11) is 0. The molecule has 1 aromatic carbocycles. The van der Waals surface area contributed by atoms with E-state index in [9.17, 15) is 4.79 Å². The van der Waals surface area contributed by atoms with Gasteiger partial charge in [0.2, 0.25) is 5.91 Å². The molecule has 0 bridgehead atoms. The lowest BCUT2D eigenvalue weighted by Gasteiger charge is -2.22. The van der Waals surface area contributed by atoms with Gasteiger partial charge in [-0.05, 0) is 18.9 Å². The first-order valence-corrected chi connectivity index (χ1v) is 9.42. The predicted octanol–water partition coefficient (Wildman–Crippen LogP) is 3.73. The third kappa shape index (κ3) is 4.22. The van der Waals surface area contributed by atoms with Crippen molar-refractivity contribution < 1.29 is 4.79 Å². The smallest absolute Gasteiger partial charge is 0.230 e. The molecule has 1 heterocycles. The number of hydrogen-bond donors (Lipinski definition) is 1. The number of amides is 1. The van der Waals surface area contributed by atoms with E-state index in [0.29, 0.717) is 11.8 Å². The average Bonchev–Trinajstić information content (AvgIpc) is 2.60. The molecule has 1 saturated carbocycles. The van der Waals surface area contributed by atoms with E-state index in [-0.39, 0.29) is 5.91 Å². The van der Waals surface area contributed by atoms with Gasteiger partial charge in [0.25, 0.3) is 0 Å². The molecule has 1 aliphatic rings. The summed E-state index contributed by atoms with van der Waals surface area (Å²) >= 11 is 1.51. The lowest BCUT2D eigenvalue weighted by Crippen LogP contribution is -2.37. The fourth-order valence-electron chi connectivity index (χ4n) is 3.01. The topological polar surface area (TPSA) is 54.9 Å². The number of benzene rings is 1. The predicted molar refractivity (Wildman–Crippen MR) is 94.7 cm³/mol. The van der Waals surface area contributed by atoms with E-state index in [1.165, 1.54) is 31.0 Å². The molecule has 1 aromatic heterocycles. The molecule has 0 unspecified atom stereocenters. The lowest BCUT2D eigenvalue weighted by molar-refractivity contribution is -0.119. The minimum atomic E-state index is 0.114. The molecule has 4 nitrogen and oxygen atoms in total. The third-order valence-corrected chi connectivity index (χ3v) is 5.23. The first-order chi connectivity index (χ1) is 11.3. The monoisotopic (exact) mass is 329 g/mol. The molecule has 1 amide bonds. The zero-order valence-corrected chi connectivity index (χ0v) is 14.4. The van der Waals surface area contributed by atoms with Gasteiger partial charge in [-0.3, -0.25) is 4.79 Å². The molecule has 0 saturated heterocycles. The molecule has 0 aliphatic heterocycles. The van der Waals surface area contributed by atoms with E-state index < -0.39 is 0 Å². The van der Waals surface area contributed by atoms with Crippen LogP contribution in [-0.4, -0.2) is 27.7 Å². The van der Waals surface area contributed by atoms with Gasteiger partial charge >= 0.3 is 0 Å². The molecule has 1 fully saturated rings. The summed E-state index contributed by atoms with van der Waals surface area (Å²) < 4.78 is 0. The van der Waals surface area contributed by atoms with Crippen molar-refractivity contribution in [1.82, 2.24) is 15.3 Å². The van der Waals surface area contributed by atoms with Crippen LogP contribution in [0.5, 0.6) is 0 Å². The standard InChI is InChI=1S/C18H23N3OS/c1-2-16-20-15-11-7-6-10-14(15)18(21-16)23-12-17(22)19-13-8-4-3-5-9-13/h6-7,10-11,13H,2-5,8-9,12H2,1H3,(H,19,22). The number of rotatable bonds is 5. The number of carbonyl (C=O) groups is 1. The van der Waals surface area contributed by atoms with Crippen molar-refractivity contribution in [3.63, 3.8) is 0 Å². The Morgan fingerprint density at radius 1 is 1.22 bits per heavy atom. The van der Waals surface area contributed by atoms with Crippen LogP contribution in [0.25, 0.3) is 10.9 Å². The molecular formula is C18H23N3OS. The summed E-state index contributed by atoms with van der Waals surface area (Å²) in [6.07, 6.45) is 6.79. The second-order valence-electron chi connectivity index (χ2n) is 6.01. The summed E-state index contributed by atoms with van der Waals surface area (Å²) in [4.78, 5) is 21.4. The first kappa shape index (κ1) is 16.2. The van der Waals surface area contributed by atoms with E-state index in [1.807, 2.05) is 31.2 Å². The van der Waals surface area contributed by atoms with Crippen molar-refractivity contribution in [2.24, 2.45) is 0 Å². The molecule has 23 heavy (non-hydrogen) atoms. The average molecular weight is 329 g/mol. The Labute approximate surface area is 141 Å². The summed E-state index contributed by atoms with van der Waals surface area (Å²) in [6.45, 7) is 2.05. The molecule has 1 N–H and O–H groups in total. The van der Waals surface area contributed by atoms with Gasteiger partial charge in [-0.1, -0.05) is 56.1 Å². The quantitative estimate of drug-likeness (QED) is 0.671.